The summed E-state index contributed by atoms with van der Waals surface area (Å²) in [5.74, 6) is -7.47. The first-order valence-electron chi connectivity index (χ1n) is 21.7. The second-order valence-corrected chi connectivity index (χ2v) is 14.7. The highest BCUT2D eigenvalue weighted by molar-refractivity contribution is 5.76. The van der Waals surface area contributed by atoms with Crippen molar-refractivity contribution in [1.29, 1.82) is 0 Å². The summed E-state index contributed by atoms with van der Waals surface area (Å²) < 4.78 is 58.3. The van der Waals surface area contributed by atoms with E-state index < -0.39 is 97.5 Å². The third-order valence-electron chi connectivity index (χ3n) is 9.11. The number of rotatable bonds is 35. The second kappa shape index (κ2) is 39.8. The molecule has 388 valence electrons. The highest BCUT2D eigenvalue weighted by atomic mass is 16.6. The number of hydrogen-bond acceptors (Lipinski definition) is 24. The van der Waals surface area contributed by atoms with Crippen LogP contribution >= 0.6 is 0 Å². The van der Waals surface area contributed by atoms with Gasteiger partial charge in [0.25, 0.3) is 0 Å². The largest absolute Gasteiger partial charge is 0.469 e. The summed E-state index contributed by atoms with van der Waals surface area (Å²) in [6.45, 7) is -0.679. The SMILES string of the molecule is COC(=O)CCCC(=O)OCC(COC(=O)CCCC(=O)OC)(COC(=O)CCCC(=O)OC)COC(=O)C(C)CCC(=O)OC.COC(=O)CCCC(=O)OCCOC(=O)CCCC(=O)OC. The Hall–Kier alpha value is -6.36. The maximum absolute atomic E-state index is 12.8. The number of carbonyl (C=O) groups excluding carboxylic acids is 12. The quantitative estimate of drug-likeness (QED) is 0.0500. The van der Waals surface area contributed by atoms with Crippen LogP contribution in [0.2, 0.25) is 0 Å². The Balaban J connectivity index is 0. The van der Waals surface area contributed by atoms with E-state index in [-0.39, 0.29) is 121 Å². The van der Waals surface area contributed by atoms with Gasteiger partial charge in [0, 0.05) is 70.6 Å². The predicted molar refractivity (Wildman–Crippen MR) is 228 cm³/mol. The Morgan fingerprint density at radius 3 is 0.794 bits per heavy atom. The van der Waals surface area contributed by atoms with E-state index in [9.17, 15) is 57.5 Å². The molecule has 0 aliphatic rings. The molecule has 0 saturated carbocycles. The highest BCUT2D eigenvalue weighted by Gasteiger charge is 2.38. The number of methoxy groups -OCH3 is 6. The lowest BCUT2D eigenvalue weighted by atomic mass is 9.91. The molecule has 0 rings (SSSR count). The lowest BCUT2D eigenvalue weighted by Crippen LogP contribution is -2.44. The molecule has 0 bridgehead atoms. The monoisotopic (exact) mass is 980 g/mol. The van der Waals surface area contributed by atoms with Gasteiger partial charge in [-0.2, -0.15) is 0 Å². The normalized spacial score (nSPS) is 10.8. The van der Waals surface area contributed by atoms with E-state index in [4.69, 9.17) is 28.4 Å². The van der Waals surface area contributed by atoms with E-state index in [0.717, 1.165) is 0 Å². The van der Waals surface area contributed by atoms with Gasteiger partial charge < -0.3 is 56.8 Å². The average Bonchev–Trinajstić information content (AvgIpc) is 3.33. The van der Waals surface area contributed by atoms with Crippen LogP contribution in [0.25, 0.3) is 0 Å². The third kappa shape index (κ3) is 35.8. The van der Waals surface area contributed by atoms with Gasteiger partial charge in [-0.1, -0.05) is 6.92 Å². The first-order valence-corrected chi connectivity index (χ1v) is 21.7. The van der Waals surface area contributed by atoms with Crippen molar-refractivity contribution in [2.45, 2.75) is 116 Å². The van der Waals surface area contributed by atoms with Crippen molar-refractivity contribution in [3.8, 4) is 0 Å². The minimum atomic E-state index is -1.58. The number of hydrogen-bond donors (Lipinski definition) is 0. The van der Waals surface area contributed by atoms with E-state index in [0.29, 0.717) is 12.8 Å². The molecule has 68 heavy (non-hydrogen) atoms. The van der Waals surface area contributed by atoms with Crippen molar-refractivity contribution in [3.05, 3.63) is 0 Å². The maximum Gasteiger partial charge on any atom is 0.308 e. The Kier molecular flexibility index (Phi) is 37.3. The molecule has 0 aromatic heterocycles. The number of carbonyl (C=O) groups is 12. The van der Waals surface area contributed by atoms with Crippen LogP contribution in [-0.4, -0.2) is 154 Å². The van der Waals surface area contributed by atoms with Gasteiger partial charge in [0.05, 0.1) is 48.6 Å². The minimum absolute atomic E-state index is 0.0375. The van der Waals surface area contributed by atoms with Crippen LogP contribution < -0.4 is 0 Å². The van der Waals surface area contributed by atoms with Gasteiger partial charge in [0.2, 0.25) is 0 Å². The summed E-state index contributed by atoms with van der Waals surface area (Å²) in [6, 6.07) is 0. The Labute approximate surface area is 395 Å². The molecule has 0 aliphatic heterocycles. The summed E-state index contributed by atoms with van der Waals surface area (Å²) >= 11 is 0. The van der Waals surface area contributed by atoms with Crippen LogP contribution in [0.15, 0.2) is 0 Å². The first-order chi connectivity index (χ1) is 32.3. The highest BCUT2D eigenvalue weighted by Crippen LogP contribution is 2.24. The summed E-state index contributed by atoms with van der Waals surface area (Å²) in [6.07, 6.45) is 0.997. The zero-order valence-corrected chi connectivity index (χ0v) is 40.1. The fourth-order valence-electron chi connectivity index (χ4n) is 4.94. The van der Waals surface area contributed by atoms with Crippen molar-refractivity contribution in [1.82, 2.24) is 0 Å². The second-order valence-electron chi connectivity index (χ2n) is 14.7. The van der Waals surface area contributed by atoms with E-state index in [1.807, 2.05) is 0 Å². The van der Waals surface area contributed by atoms with Crippen LogP contribution in [0.3, 0.4) is 0 Å². The van der Waals surface area contributed by atoms with Crippen molar-refractivity contribution in [2.24, 2.45) is 11.3 Å². The summed E-state index contributed by atoms with van der Waals surface area (Å²) in [5, 5.41) is 0. The van der Waals surface area contributed by atoms with E-state index in [2.05, 4.69) is 28.4 Å². The zero-order valence-electron chi connectivity index (χ0n) is 40.1. The molecule has 0 aromatic rings. The van der Waals surface area contributed by atoms with Crippen LogP contribution in [0.4, 0.5) is 0 Å². The molecule has 24 heteroatoms. The zero-order chi connectivity index (χ0) is 51.8. The van der Waals surface area contributed by atoms with Crippen LogP contribution in [0.1, 0.15) is 116 Å². The fourth-order valence-corrected chi connectivity index (χ4v) is 4.94. The molecule has 0 saturated heterocycles. The van der Waals surface area contributed by atoms with Crippen molar-refractivity contribution in [2.75, 3.05) is 82.3 Å². The average molecular weight is 981 g/mol. The van der Waals surface area contributed by atoms with Gasteiger partial charge in [-0.05, 0) is 38.5 Å². The molecule has 1 unspecified atom stereocenters. The fraction of sp³-hybridized carbons (Fsp3) is 0.727. The van der Waals surface area contributed by atoms with Gasteiger partial charge in [-0.15, -0.1) is 0 Å². The predicted octanol–water partition coefficient (Wildman–Crippen LogP) is 2.52. The van der Waals surface area contributed by atoms with E-state index in [1.165, 1.54) is 49.6 Å². The van der Waals surface area contributed by atoms with E-state index in [1.54, 1.807) is 0 Å². The van der Waals surface area contributed by atoms with Gasteiger partial charge >= 0.3 is 71.6 Å². The molecule has 24 nitrogen and oxygen atoms in total. The molecule has 0 amide bonds. The molecule has 0 aliphatic carbocycles. The van der Waals surface area contributed by atoms with Crippen LogP contribution in [0, 0.1) is 11.3 Å². The lowest BCUT2D eigenvalue weighted by molar-refractivity contribution is -0.172. The van der Waals surface area contributed by atoms with Gasteiger partial charge in [-0.3, -0.25) is 57.5 Å². The van der Waals surface area contributed by atoms with Gasteiger partial charge in [0.1, 0.15) is 45.1 Å². The minimum Gasteiger partial charge on any atom is -0.469 e. The van der Waals surface area contributed by atoms with Crippen molar-refractivity contribution in [3.63, 3.8) is 0 Å². The maximum atomic E-state index is 12.8. The smallest absolute Gasteiger partial charge is 0.308 e. The van der Waals surface area contributed by atoms with Crippen molar-refractivity contribution >= 4 is 71.6 Å². The molecule has 0 heterocycles. The van der Waals surface area contributed by atoms with E-state index >= 15 is 0 Å². The first kappa shape index (κ1) is 63.7. The molecule has 0 radical (unpaired) electrons. The summed E-state index contributed by atoms with van der Waals surface area (Å²) in [5.41, 5.74) is -1.58. The molecule has 0 N–H and O–H groups in total. The van der Waals surface area contributed by atoms with Gasteiger partial charge in [0.15, 0.2) is 0 Å². The third-order valence-corrected chi connectivity index (χ3v) is 9.11. The number of ether oxygens (including phenoxy) is 12. The molecular formula is C44H68O24. The summed E-state index contributed by atoms with van der Waals surface area (Å²) in [7, 11) is 7.39. The summed E-state index contributed by atoms with van der Waals surface area (Å²) in [4.78, 5) is 140. The van der Waals surface area contributed by atoms with Crippen LogP contribution in [0.5, 0.6) is 0 Å². The Morgan fingerprint density at radius 1 is 0.309 bits per heavy atom. The molecule has 0 fully saturated rings. The van der Waals surface area contributed by atoms with Crippen LogP contribution in [-0.2, 0) is 114 Å². The Bertz CT molecular complexity index is 1480. The standard InChI is InChI=1S/C30H46O16.C14H22O8/c1-21(15-16-25(34)42-5)29(38)46-20-30(17-43-26(35)12-6-9-22(31)39-2,18-44-27(36)13-7-10-23(32)40-3)19-45-28(37)14-8-11-24(33)41-4;1-19-11(15)5-3-7-13(17)21-9-10-22-14(18)8-4-6-12(16)20-2/h21H,6-20H2,1-5H3;3-10H2,1-2H3. The lowest BCUT2D eigenvalue weighted by Gasteiger charge is -2.32. The molecule has 0 spiro atoms. The molecule has 1 atom stereocenters. The van der Waals surface area contributed by atoms with Crippen molar-refractivity contribution < 1.29 is 114 Å². The topological polar surface area (TPSA) is 316 Å². The Morgan fingerprint density at radius 2 is 0.529 bits per heavy atom. The molecule has 0 aromatic carbocycles. The molecular weight excluding hydrogens is 912 g/mol. The number of esters is 12. The van der Waals surface area contributed by atoms with Gasteiger partial charge in [-0.25, -0.2) is 0 Å².